The fourth-order valence-corrected chi connectivity index (χ4v) is 6.09. The van der Waals surface area contributed by atoms with Crippen molar-refractivity contribution in [3.63, 3.8) is 0 Å². The fourth-order valence-electron chi connectivity index (χ4n) is 6.09. The third-order valence-electron chi connectivity index (χ3n) is 7.92. The summed E-state index contributed by atoms with van der Waals surface area (Å²) >= 11 is 0. The number of aromatic nitrogens is 3. The summed E-state index contributed by atoms with van der Waals surface area (Å²) in [5.74, 6) is 1.08. The second-order valence-corrected chi connectivity index (χ2v) is 10.1. The van der Waals surface area contributed by atoms with Crippen LogP contribution in [0.5, 0.6) is 0 Å². The van der Waals surface area contributed by atoms with Crippen molar-refractivity contribution in [1.82, 2.24) is 19.9 Å². The maximum Gasteiger partial charge on any atom is 0.140 e. The number of fused-ring (bicyclic) bond motifs is 2. The lowest BCUT2D eigenvalue weighted by Crippen LogP contribution is -2.32. The first-order valence-corrected chi connectivity index (χ1v) is 12.2. The highest BCUT2D eigenvalue weighted by molar-refractivity contribution is 5.97. The summed E-state index contributed by atoms with van der Waals surface area (Å²) in [7, 11) is 4.39. The van der Waals surface area contributed by atoms with Crippen molar-refractivity contribution >= 4 is 11.4 Å². The summed E-state index contributed by atoms with van der Waals surface area (Å²) in [5.41, 5.74) is 7.48. The van der Waals surface area contributed by atoms with Gasteiger partial charge in [-0.25, -0.2) is 9.97 Å². The van der Waals surface area contributed by atoms with Gasteiger partial charge in [-0.1, -0.05) is 11.6 Å². The largest absolute Gasteiger partial charge is 0.306 e. The summed E-state index contributed by atoms with van der Waals surface area (Å²) in [6.07, 6.45) is 15.8. The Hall–Kier alpha value is -2.40. The topological polar surface area (TPSA) is 59.0 Å². The van der Waals surface area contributed by atoms with Crippen LogP contribution in [0.1, 0.15) is 67.5 Å². The molecule has 2 aromatic rings. The molecule has 3 aliphatic carbocycles. The molecule has 5 nitrogen and oxygen atoms in total. The van der Waals surface area contributed by atoms with E-state index in [1.807, 2.05) is 12.3 Å². The molecule has 3 aliphatic rings. The van der Waals surface area contributed by atoms with E-state index in [0.29, 0.717) is 24.2 Å². The van der Waals surface area contributed by atoms with E-state index in [2.05, 4.69) is 35.0 Å². The molecule has 2 aromatic heterocycles. The van der Waals surface area contributed by atoms with Crippen molar-refractivity contribution < 1.29 is 4.79 Å². The standard InChI is InChI=1S/C27H34N4O/c1-31(2)21-9-5-18(6-10-21)14-23-27-24(30-17-29-23)15-20-8-11-22(26(20)27)25(32)12-7-19-4-3-13-28-16-19/h3-4,13,16-18,21-22H,5-12,14-15H2,1-2H3. The summed E-state index contributed by atoms with van der Waals surface area (Å²) in [6, 6.07) is 4.72. The average Bonchev–Trinajstić information content (AvgIpc) is 3.38. The predicted molar refractivity (Wildman–Crippen MR) is 126 cm³/mol. The van der Waals surface area contributed by atoms with E-state index in [4.69, 9.17) is 4.98 Å². The first-order chi connectivity index (χ1) is 15.6. The molecular weight excluding hydrogens is 396 g/mol. The first-order valence-electron chi connectivity index (χ1n) is 12.2. The van der Waals surface area contributed by atoms with Gasteiger partial charge in [0, 0.05) is 42.8 Å². The molecule has 0 N–H and O–H groups in total. The SMILES string of the molecule is CN(C)C1CCC(Cc2ncnc3c2C2=C(CCC2C(=O)CCc2cccnc2)C3)CC1. The molecule has 1 atom stereocenters. The van der Waals surface area contributed by atoms with Gasteiger partial charge >= 0.3 is 0 Å². The predicted octanol–water partition coefficient (Wildman–Crippen LogP) is 4.46. The highest BCUT2D eigenvalue weighted by atomic mass is 16.1. The molecule has 32 heavy (non-hydrogen) atoms. The minimum atomic E-state index is 0.0251. The average molecular weight is 431 g/mol. The zero-order valence-corrected chi connectivity index (χ0v) is 19.4. The second kappa shape index (κ2) is 9.22. The molecule has 168 valence electrons. The minimum Gasteiger partial charge on any atom is -0.306 e. The van der Waals surface area contributed by atoms with E-state index in [1.165, 1.54) is 48.1 Å². The fraction of sp³-hybridized carbons (Fsp3) is 0.556. The lowest BCUT2D eigenvalue weighted by Gasteiger charge is -2.32. The van der Waals surface area contributed by atoms with E-state index in [9.17, 15) is 4.79 Å². The monoisotopic (exact) mass is 430 g/mol. The Morgan fingerprint density at radius 3 is 2.72 bits per heavy atom. The van der Waals surface area contributed by atoms with E-state index in [0.717, 1.165) is 43.4 Å². The van der Waals surface area contributed by atoms with Gasteiger partial charge in [0.25, 0.3) is 0 Å². The van der Waals surface area contributed by atoms with Crippen LogP contribution < -0.4 is 0 Å². The van der Waals surface area contributed by atoms with Crippen LogP contribution in [0.2, 0.25) is 0 Å². The number of pyridine rings is 1. The van der Waals surface area contributed by atoms with Gasteiger partial charge in [0.15, 0.2) is 0 Å². The maximum atomic E-state index is 13.3. The van der Waals surface area contributed by atoms with Crippen LogP contribution in [0, 0.1) is 11.8 Å². The number of allylic oxidation sites excluding steroid dienone is 2. The number of nitrogens with zero attached hydrogens (tertiary/aromatic N) is 4. The van der Waals surface area contributed by atoms with Crippen LogP contribution in [-0.4, -0.2) is 45.8 Å². The number of hydrogen-bond donors (Lipinski definition) is 0. The first kappa shape index (κ1) is 21.4. The number of Topliss-reactive ketones (excluding diaryl/α,β-unsaturated/α-hetero) is 1. The van der Waals surface area contributed by atoms with Crippen molar-refractivity contribution in [3.05, 3.63) is 58.9 Å². The number of ketones is 1. The summed E-state index contributed by atoms with van der Waals surface area (Å²) in [4.78, 5) is 29.2. The number of aryl methyl sites for hydroxylation is 1. The zero-order chi connectivity index (χ0) is 22.1. The molecule has 1 fully saturated rings. The maximum absolute atomic E-state index is 13.3. The summed E-state index contributed by atoms with van der Waals surface area (Å²) in [6.45, 7) is 0. The van der Waals surface area contributed by atoms with E-state index in [1.54, 1.807) is 12.5 Å². The highest BCUT2D eigenvalue weighted by Crippen LogP contribution is 2.48. The Kier molecular flexibility index (Phi) is 6.18. The van der Waals surface area contributed by atoms with Crippen molar-refractivity contribution in [3.8, 4) is 0 Å². The molecular formula is C27H34N4O. The van der Waals surface area contributed by atoms with Gasteiger partial charge in [-0.05, 0) is 88.6 Å². The lowest BCUT2D eigenvalue weighted by atomic mass is 9.81. The zero-order valence-electron chi connectivity index (χ0n) is 19.4. The molecule has 0 radical (unpaired) electrons. The minimum absolute atomic E-state index is 0.0251. The van der Waals surface area contributed by atoms with E-state index >= 15 is 0 Å². The third-order valence-corrected chi connectivity index (χ3v) is 7.92. The van der Waals surface area contributed by atoms with Gasteiger partial charge in [-0.3, -0.25) is 9.78 Å². The number of hydrogen-bond acceptors (Lipinski definition) is 5. The summed E-state index contributed by atoms with van der Waals surface area (Å²) in [5, 5.41) is 0. The number of carbonyl (C=O) groups is 1. The van der Waals surface area contributed by atoms with Gasteiger partial charge in [-0.2, -0.15) is 0 Å². The van der Waals surface area contributed by atoms with E-state index < -0.39 is 0 Å². The Morgan fingerprint density at radius 2 is 1.97 bits per heavy atom. The van der Waals surface area contributed by atoms with Gasteiger partial charge < -0.3 is 4.90 Å². The van der Waals surface area contributed by atoms with Gasteiger partial charge in [0.2, 0.25) is 0 Å². The van der Waals surface area contributed by atoms with Crippen LogP contribution in [0.25, 0.3) is 5.57 Å². The molecule has 1 saturated carbocycles. The Balaban J connectivity index is 1.31. The molecule has 1 unspecified atom stereocenters. The molecule has 0 saturated heterocycles. The van der Waals surface area contributed by atoms with Crippen LogP contribution in [0.15, 0.2) is 36.4 Å². The molecule has 5 heteroatoms. The van der Waals surface area contributed by atoms with Gasteiger partial charge in [0.05, 0.1) is 11.4 Å². The van der Waals surface area contributed by atoms with Gasteiger partial charge in [0.1, 0.15) is 12.1 Å². The van der Waals surface area contributed by atoms with E-state index in [-0.39, 0.29) is 5.92 Å². The van der Waals surface area contributed by atoms with Crippen LogP contribution in [0.4, 0.5) is 0 Å². The normalized spacial score (nSPS) is 24.7. The second-order valence-electron chi connectivity index (χ2n) is 10.1. The quantitative estimate of drug-likeness (QED) is 0.649. The molecule has 0 aromatic carbocycles. The molecule has 0 aliphatic heterocycles. The van der Waals surface area contributed by atoms with Gasteiger partial charge in [-0.15, -0.1) is 0 Å². The molecule has 0 spiro atoms. The Bertz CT molecular complexity index is 1010. The molecule has 2 heterocycles. The van der Waals surface area contributed by atoms with Crippen molar-refractivity contribution in [1.29, 1.82) is 0 Å². The van der Waals surface area contributed by atoms with Crippen molar-refractivity contribution in [2.75, 3.05) is 14.1 Å². The lowest BCUT2D eigenvalue weighted by molar-refractivity contribution is -0.121. The number of rotatable bonds is 7. The Morgan fingerprint density at radius 1 is 1.12 bits per heavy atom. The van der Waals surface area contributed by atoms with Crippen molar-refractivity contribution in [2.45, 2.75) is 70.3 Å². The molecule has 0 amide bonds. The van der Waals surface area contributed by atoms with Crippen LogP contribution >= 0.6 is 0 Å². The smallest absolute Gasteiger partial charge is 0.140 e. The Labute approximate surface area is 191 Å². The molecule has 0 bridgehead atoms. The van der Waals surface area contributed by atoms with Crippen LogP contribution in [0.3, 0.4) is 0 Å². The van der Waals surface area contributed by atoms with Crippen molar-refractivity contribution in [2.24, 2.45) is 11.8 Å². The summed E-state index contributed by atoms with van der Waals surface area (Å²) < 4.78 is 0. The van der Waals surface area contributed by atoms with Crippen LogP contribution in [-0.2, 0) is 24.1 Å². The molecule has 5 rings (SSSR count). The third kappa shape index (κ3) is 4.27. The highest BCUT2D eigenvalue weighted by Gasteiger charge is 2.39. The number of carbonyl (C=O) groups excluding carboxylic acids is 1.